The van der Waals surface area contributed by atoms with Crippen molar-refractivity contribution in [3.05, 3.63) is 35.0 Å². The van der Waals surface area contributed by atoms with Gasteiger partial charge in [0.15, 0.2) is 0 Å². The number of hydrogen-bond acceptors (Lipinski definition) is 6. The smallest absolute Gasteiger partial charge is 0.337 e. The van der Waals surface area contributed by atoms with E-state index < -0.39 is 5.97 Å². The van der Waals surface area contributed by atoms with Gasteiger partial charge >= 0.3 is 5.97 Å². The van der Waals surface area contributed by atoms with E-state index in [0.29, 0.717) is 6.04 Å². The monoisotopic (exact) mass is 345 g/mol. The molecule has 1 aliphatic heterocycles. The predicted molar refractivity (Wildman–Crippen MR) is 94.2 cm³/mol. The third kappa shape index (κ3) is 3.61. The number of aryl methyl sites for hydroxylation is 1. The molecule has 3 rings (SSSR count). The standard InChI is InChI=1S/C18H23N3O4/c1-11-4-3-5-14(15(11)19-12-6-7-12)20-16-13(18(24)25-2)10-21(8-9-22)17(16)23/h3-5,12,19-20,22H,6-10H2,1-2H3. The van der Waals surface area contributed by atoms with Crippen molar-refractivity contribution in [1.29, 1.82) is 0 Å². The van der Waals surface area contributed by atoms with E-state index in [2.05, 4.69) is 10.6 Å². The lowest BCUT2D eigenvalue weighted by atomic mass is 10.1. The third-order valence-corrected chi connectivity index (χ3v) is 4.41. The van der Waals surface area contributed by atoms with Gasteiger partial charge < -0.3 is 25.4 Å². The van der Waals surface area contributed by atoms with Crippen molar-refractivity contribution in [2.75, 3.05) is 37.4 Å². The van der Waals surface area contributed by atoms with Crippen molar-refractivity contribution in [2.24, 2.45) is 0 Å². The number of nitrogens with one attached hydrogen (secondary N) is 2. The van der Waals surface area contributed by atoms with Crippen LogP contribution in [-0.2, 0) is 14.3 Å². The predicted octanol–water partition coefficient (Wildman–Crippen LogP) is 1.24. The van der Waals surface area contributed by atoms with Crippen LogP contribution in [0.3, 0.4) is 0 Å². The highest BCUT2D eigenvalue weighted by molar-refractivity contribution is 6.09. The molecule has 0 saturated heterocycles. The van der Waals surface area contributed by atoms with Gasteiger partial charge in [0, 0.05) is 12.6 Å². The zero-order valence-electron chi connectivity index (χ0n) is 14.5. The molecule has 1 heterocycles. The first-order chi connectivity index (χ1) is 12.0. The second-order valence-corrected chi connectivity index (χ2v) is 6.34. The second-order valence-electron chi connectivity index (χ2n) is 6.34. The van der Waals surface area contributed by atoms with E-state index in [1.54, 1.807) is 0 Å². The minimum atomic E-state index is -0.541. The van der Waals surface area contributed by atoms with E-state index in [9.17, 15) is 9.59 Å². The highest BCUT2D eigenvalue weighted by Gasteiger charge is 2.35. The number of β-amino-alcohol motifs (C(OH)–C–C–N with tert-alkyl or cyclic N) is 1. The number of para-hydroxylation sites is 1. The van der Waals surface area contributed by atoms with Crippen LogP contribution in [0.25, 0.3) is 0 Å². The van der Waals surface area contributed by atoms with Crippen LogP contribution in [0.5, 0.6) is 0 Å². The van der Waals surface area contributed by atoms with Crippen molar-refractivity contribution < 1.29 is 19.4 Å². The molecule has 0 radical (unpaired) electrons. The largest absolute Gasteiger partial charge is 0.466 e. The third-order valence-electron chi connectivity index (χ3n) is 4.41. The summed E-state index contributed by atoms with van der Waals surface area (Å²) in [4.78, 5) is 26.1. The van der Waals surface area contributed by atoms with Crippen molar-refractivity contribution in [3.8, 4) is 0 Å². The maximum atomic E-state index is 12.6. The summed E-state index contributed by atoms with van der Waals surface area (Å²) >= 11 is 0. The number of rotatable bonds is 7. The molecule has 134 valence electrons. The first-order valence-electron chi connectivity index (χ1n) is 8.40. The lowest BCUT2D eigenvalue weighted by molar-refractivity contribution is -0.136. The van der Waals surface area contributed by atoms with Crippen LogP contribution in [0, 0.1) is 6.92 Å². The average Bonchev–Trinajstić information content (AvgIpc) is 3.37. The number of anilines is 2. The van der Waals surface area contributed by atoms with Gasteiger partial charge in [0.1, 0.15) is 5.70 Å². The molecule has 0 atom stereocenters. The molecule has 3 N–H and O–H groups in total. The Morgan fingerprint density at radius 1 is 1.40 bits per heavy atom. The Morgan fingerprint density at radius 2 is 2.16 bits per heavy atom. The molecule has 1 aromatic rings. The normalized spacial score (nSPS) is 17.1. The Bertz CT molecular complexity index is 725. The number of esters is 1. The van der Waals surface area contributed by atoms with Crippen LogP contribution in [0.15, 0.2) is 29.5 Å². The molecule has 1 aromatic carbocycles. The molecule has 1 amide bonds. The van der Waals surface area contributed by atoms with Crippen LogP contribution in [0.1, 0.15) is 18.4 Å². The van der Waals surface area contributed by atoms with Gasteiger partial charge in [0.25, 0.3) is 5.91 Å². The van der Waals surface area contributed by atoms with E-state index in [1.807, 2.05) is 25.1 Å². The van der Waals surface area contributed by atoms with Crippen LogP contribution < -0.4 is 10.6 Å². The molecular weight excluding hydrogens is 322 g/mol. The lowest BCUT2D eigenvalue weighted by Crippen LogP contribution is -2.31. The van der Waals surface area contributed by atoms with Gasteiger partial charge in [-0.3, -0.25) is 4.79 Å². The van der Waals surface area contributed by atoms with E-state index in [1.165, 1.54) is 12.0 Å². The van der Waals surface area contributed by atoms with Gasteiger partial charge in [-0.1, -0.05) is 12.1 Å². The van der Waals surface area contributed by atoms with Gasteiger partial charge in [-0.25, -0.2) is 4.79 Å². The number of aliphatic hydroxyl groups excluding tert-OH is 1. The maximum Gasteiger partial charge on any atom is 0.337 e. The molecule has 1 fully saturated rings. The van der Waals surface area contributed by atoms with Crippen molar-refractivity contribution in [3.63, 3.8) is 0 Å². The topological polar surface area (TPSA) is 90.9 Å². The summed E-state index contributed by atoms with van der Waals surface area (Å²) in [7, 11) is 1.29. The maximum absolute atomic E-state index is 12.6. The molecule has 0 bridgehead atoms. The fourth-order valence-electron chi connectivity index (χ4n) is 2.88. The molecule has 7 nitrogen and oxygen atoms in total. The fourth-order valence-corrected chi connectivity index (χ4v) is 2.88. The zero-order valence-corrected chi connectivity index (χ0v) is 14.5. The summed E-state index contributed by atoms with van der Waals surface area (Å²) in [6, 6.07) is 6.24. The highest BCUT2D eigenvalue weighted by Crippen LogP contribution is 2.34. The Kier molecular flexibility index (Phi) is 4.94. The molecule has 0 aromatic heterocycles. The summed E-state index contributed by atoms with van der Waals surface area (Å²) < 4.78 is 4.81. The van der Waals surface area contributed by atoms with E-state index >= 15 is 0 Å². The SMILES string of the molecule is COC(=O)C1=C(Nc2cccc(C)c2NC2CC2)C(=O)N(CCO)C1. The Morgan fingerprint density at radius 3 is 2.80 bits per heavy atom. The first kappa shape index (κ1) is 17.3. The Balaban J connectivity index is 1.92. The van der Waals surface area contributed by atoms with E-state index in [0.717, 1.165) is 29.8 Å². The molecular formula is C18H23N3O4. The number of carbonyl (C=O) groups excluding carboxylic acids is 2. The number of hydrogen-bond donors (Lipinski definition) is 3. The van der Waals surface area contributed by atoms with Crippen molar-refractivity contribution >= 4 is 23.3 Å². The van der Waals surface area contributed by atoms with Crippen molar-refractivity contribution in [2.45, 2.75) is 25.8 Å². The minimum absolute atomic E-state index is 0.131. The van der Waals surface area contributed by atoms with Crippen LogP contribution in [0.2, 0.25) is 0 Å². The number of methoxy groups -OCH3 is 1. The molecule has 1 saturated carbocycles. The van der Waals surface area contributed by atoms with Gasteiger partial charge in [-0.2, -0.15) is 0 Å². The molecule has 0 spiro atoms. The van der Waals surface area contributed by atoms with Gasteiger partial charge in [-0.15, -0.1) is 0 Å². The van der Waals surface area contributed by atoms with Gasteiger partial charge in [0.05, 0.1) is 37.2 Å². The Hall–Kier alpha value is -2.54. The molecule has 1 aliphatic carbocycles. The van der Waals surface area contributed by atoms with E-state index in [-0.39, 0.29) is 36.9 Å². The van der Waals surface area contributed by atoms with Crippen LogP contribution >= 0.6 is 0 Å². The zero-order chi connectivity index (χ0) is 18.0. The summed E-state index contributed by atoms with van der Waals surface area (Å²) in [6.07, 6.45) is 2.26. The first-order valence-corrected chi connectivity index (χ1v) is 8.40. The Labute approximate surface area is 146 Å². The number of amides is 1. The number of aliphatic hydroxyl groups is 1. The molecule has 25 heavy (non-hydrogen) atoms. The summed E-state index contributed by atoms with van der Waals surface area (Å²) in [6.45, 7) is 2.14. The molecule has 0 unspecified atom stereocenters. The number of nitrogens with zero attached hydrogens (tertiary/aromatic N) is 1. The van der Waals surface area contributed by atoms with Gasteiger partial charge in [-0.05, 0) is 31.4 Å². The fraction of sp³-hybridized carbons (Fsp3) is 0.444. The second kappa shape index (κ2) is 7.14. The minimum Gasteiger partial charge on any atom is -0.466 e. The summed E-state index contributed by atoms with van der Waals surface area (Å²) in [5, 5.41) is 15.7. The molecule has 2 aliphatic rings. The van der Waals surface area contributed by atoms with Crippen LogP contribution in [-0.4, -0.2) is 54.7 Å². The number of benzene rings is 1. The summed E-state index contributed by atoms with van der Waals surface area (Å²) in [5.74, 6) is -0.853. The summed E-state index contributed by atoms with van der Waals surface area (Å²) in [5.41, 5.74) is 3.25. The average molecular weight is 345 g/mol. The quantitative estimate of drug-likeness (QED) is 0.644. The number of ether oxygens (including phenoxy) is 1. The van der Waals surface area contributed by atoms with Crippen LogP contribution in [0.4, 0.5) is 11.4 Å². The highest BCUT2D eigenvalue weighted by atomic mass is 16.5. The van der Waals surface area contributed by atoms with Crippen molar-refractivity contribution in [1.82, 2.24) is 4.90 Å². The van der Waals surface area contributed by atoms with E-state index in [4.69, 9.17) is 9.84 Å². The van der Waals surface area contributed by atoms with Gasteiger partial charge in [0.2, 0.25) is 0 Å². The molecule has 7 heteroatoms. The lowest BCUT2D eigenvalue weighted by Gasteiger charge is -2.18. The number of carbonyl (C=O) groups is 2.